The molecule has 1 atom stereocenters. The van der Waals surface area contributed by atoms with Crippen molar-refractivity contribution in [1.29, 1.82) is 0 Å². The molecule has 4 N–H and O–H groups in total. The predicted molar refractivity (Wildman–Crippen MR) is 71.5 cm³/mol. The number of nitrogens with one attached hydrogen (secondary N) is 1. The molecule has 0 saturated heterocycles. The molecule has 0 amide bonds. The summed E-state index contributed by atoms with van der Waals surface area (Å²) in [6, 6.07) is -0.759. The van der Waals surface area contributed by atoms with Gasteiger partial charge in [-0.2, -0.15) is 0 Å². The first kappa shape index (κ1) is 14.1. The van der Waals surface area contributed by atoms with Crippen LogP contribution in [0.5, 0.6) is 0 Å². The third-order valence-electron chi connectivity index (χ3n) is 4.29. The van der Waals surface area contributed by atoms with Gasteiger partial charge in [0.05, 0.1) is 5.41 Å². The molecule has 106 valence electrons. The summed E-state index contributed by atoms with van der Waals surface area (Å²) in [5, 5.41) is 12.0. The second-order valence-corrected chi connectivity index (χ2v) is 5.58. The van der Waals surface area contributed by atoms with E-state index in [1.165, 1.54) is 0 Å². The lowest BCUT2D eigenvalue weighted by molar-refractivity contribution is -0.138. The van der Waals surface area contributed by atoms with Crippen LogP contribution in [-0.2, 0) is 9.59 Å². The van der Waals surface area contributed by atoms with Crippen molar-refractivity contribution in [2.24, 2.45) is 11.1 Å². The van der Waals surface area contributed by atoms with Gasteiger partial charge in [-0.05, 0) is 32.1 Å². The van der Waals surface area contributed by atoms with Crippen molar-refractivity contribution < 1.29 is 14.7 Å². The third-order valence-corrected chi connectivity index (χ3v) is 4.29. The summed E-state index contributed by atoms with van der Waals surface area (Å²) in [7, 11) is 0. The van der Waals surface area contributed by atoms with E-state index in [0.717, 1.165) is 50.8 Å². The van der Waals surface area contributed by atoms with Gasteiger partial charge in [-0.15, -0.1) is 0 Å². The molecule has 2 rings (SSSR count). The third kappa shape index (κ3) is 2.81. The van der Waals surface area contributed by atoms with E-state index in [1.54, 1.807) is 6.08 Å². The summed E-state index contributed by atoms with van der Waals surface area (Å²) < 4.78 is 0. The summed E-state index contributed by atoms with van der Waals surface area (Å²) in [6.07, 6.45) is 8.12. The van der Waals surface area contributed by atoms with Gasteiger partial charge in [0.15, 0.2) is 5.78 Å². The standard InChI is InChI=1S/C14H22N2O3/c15-10(13(18)19)5-1-4-8-16-11-9-12(17)14(11)6-2-3-7-14/h9-10,16H,1-8,15H2,(H,18,19)/t10-/m0/s1. The fraction of sp³-hybridized carbons (Fsp3) is 0.714. The Morgan fingerprint density at radius 2 is 2.11 bits per heavy atom. The molecule has 0 bridgehead atoms. The number of carboxylic acids is 1. The van der Waals surface area contributed by atoms with Crippen LogP contribution in [0, 0.1) is 5.41 Å². The van der Waals surface area contributed by atoms with Crippen LogP contribution in [0.25, 0.3) is 0 Å². The molecular weight excluding hydrogens is 244 g/mol. The Balaban J connectivity index is 1.66. The van der Waals surface area contributed by atoms with Gasteiger partial charge in [-0.25, -0.2) is 0 Å². The molecule has 2 aliphatic carbocycles. The van der Waals surface area contributed by atoms with Crippen LogP contribution in [0.3, 0.4) is 0 Å². The minimum Gasteiger partial charge on any atom is -0.480 e. The summed E-state index contributed by atoms with van der Waals surface area (Å²) in [6.45, 7) is 0.785. The van der Waals surface area contributed by atoms with E-state index in [9.17, 15) is 9.59 Å². The first-order chi connectivity index (χ1) is 9.06. The normalized spacial score (nSPS) is 21.9. The van der Waals surface area contributed by atoms with Crippen molar-refractivity contribution in [3.63, 3.8) is 0 Å². The number of ketones is 1. The monoisotopic (exact) mass is 266 g/mol. The molecule has 0 aromatic rings. The van der Waals surface area contributed by atoms with Crippen molar-refractivity contribution in [1.82, 2.24) is 5.32 Å². The fourth-order valence-corrected chi connectivity index (χ4v) is 3.01. The maximum atomic E-state index is 11.7. The van der Waals surface area contributed by atoms with Crippen molar-refractivity contribution >= 4 is 11.8 Å². The number of allylic oxidation sites excluding steroid dienone is 2. The molecule has 0 aromatic heterocycles. The molecule has 1 spiro atoms. The maximum absolute atomic E-state index is 11.7. The van der Waals surface area contributed by atoms with Gasteiger partial charge in [0.2, 0.25) is 0 Å². The topological polar surface area (TPSA) is 92.4 Å². The largest absolute Gasteiger partial charge is 0.480 e. The molecule has 5 heteroatoms. The van der Waals surface area contributed by atoms with E-state index in [0.29, 0.717) is 6.42 Å². The molecule has 0 aromatic carbocycles. The smallest absolute Gasteiger partial charge is 0.320 e. The van der Waals surface area contributed by atoms with Gasteiger partial charge in [-0.1, -0.05) is 12.8 Å². The molecule has 0 radical (unpaired) electrons. The molecule has 0 unspecified atom stereocenters. The molecule has 0 heterocycles. The molecule has 5 nitrogen and oxygen atoms in total. The van der Waals surface area contributed by atoms with Gasteiger partial charge in [0.25, 0.3) is 0 Å². The van der Waals surface area contributed by atoms with Gasteiger partial charge in [0.1, 0.15) is 6.04 Å². The van der Waals surface area contributed by atoms with Crippen molar-refractivity contribution in [2.75, 3.05) is 6.54 Å². The zero-order valence-corrected chi connectivity index (χ0v) is 11.2. The Bertz CT molecular complexity index is 397. The highest BCUT2D eigenvalue weighted by atomic mass is 16.4. The van der Waals surface area contributed by atoms with E-state index in [-0.39, 0.29) is 11.2 Å². The zero-order chi connectivity index (χ0) is 13.9. The second-order valence-electron chi connectivity index (χ2n) is 5.58. The number of unbranched alkanes of at least 4 members (excludes halogenated alkanes) is 1. The summed E-state index contributed by atoms with van der Waals surface area (Å²) in [4.78, 5) is 22.3. The Hall–Kier alpha value is -1.36. The van der Waals surface area contributed by atoms with Crippen LogP contribution in [0.1, 0.15) is 44.9 Å². The molecule has 0 aliphatic heterocycles. The minimum absolute atomic E-state index is 0.183. The van der Waals surface area contributed by atoms with Gasteiger partial charge >= 0.3 is 5.97 Å². The zero-order valence-electron chi connectivity index (χ0n) is 11.2. The number of hydrogen-bond donors (Lipinski definition) is 3. The molecule has 1 saturated carbocycles. The minimum atomic E-state index is -0.940. The Labute approximate surface area is 113 Å². The van der Waals surface area contributed by atoms with E-state index >= 15 is 0 Å². The predicted octanol–water partition coefficient (Wildman–Crippen LogP) is 1.19. The van der Waals surface area contributed by atoms with Crippen LogP contribution in [0.4, 0.5) is 0 Å². The van der Waals surface area contributed by atoms with Crippen LogP contribution < -0.4 is 11.1 Å². The van der Waals surface area contributed by atoms with Crippen LogP contribution in [0.15, 0.2) is 11.8 Å². The second kappa shape index (κ2) is 5.74. The summed E-state index contributed by atoms with van der Waals surface area (Å²) in [5.74, 6) is -0.662. The van der Waals surface area contributed by atoms with E-state index in [4.69, 9.17) is 10.8 Å². The maximum Gasteiger partial charge on any atom is 0.320 e. The molecule has 1 fully saturated rings. The highest BCUT2D eigenvalue weighted by molar-refractivity contribution is 6.05. The van der Waals surface area contributed by atoms with Gasteiger partial charge in [0, 0.05) is 18.3 Å². The van der Waals surface area contributed by atoms with E-state index < -0.39 is 12.0 Å². The number of aliphatic carboxylic acids is 1. The van der Waals surface area contributed by atoms with Gasteiger partial charge in [-0.3, -0.25) is 9.59 Å². The lowest BCUT2D eigenvalue weighted by Crippen LogP contribution is -2.44. The average Bonchev–Trinajstić information content (AvgIpc) is 2.89. The average molecular weight is 266 g/mol. The number of rotatable bonds is 7. The number of carboxylic acid groups (broad SMARTS) is 1. The molecule has 2 aliphatic rings. The van der Waals surface area contributed by atoms with E-state index in [1.807, 2.05) is 0 Å². The van der Waals surface area contributed by atoms with Crippen LogP contribution in [0.2, 0.25) is 0 Å². The molecule has 19 heavy (non-hydrogen) atoms. The fourth-order valence-electron chi connectivity index (χ4n) is 3.01. The van der Waals surface area contributed by atoms with Crippen molar-refractivity contribution in [2.45, 2.75) is 51.0 Å². The lowest BCUT2D eigenvalue weighted by Gasteiger charge is -2.37. The Morgan fingerprint density at radius 1 is 1.42 bits per heavy atom. The number of nitrogens with two attached hydrogens (primary N) is 1. The SMILES string of the molecule is N[C@@H](CCCCNC1=CC(=O)C12CCCC2)C(=O)O. The first-order valence-corrected chi connectivity index (χ1v) is 7.05. The quantitative estimate of drug-likeness (QED) is 0.602. The lowest BCUT2D eigenvalue weighted by atomic mass is 9.70. The van der Waals surface area contributed by atoms with Gasteiger partial charge < -0.3 is 16.2 Å². The van der Waals surface area contributed by atoms with Crippen molar-refractivity contribution in [3.8, 4) is 0 Å². The van der Waals surface area contributed by atoms with Crippen molar-refractivity contribution in [3.05, 3.63) is 11.8 Å². The number of hydrogen-bond acceptors (Lipinski definition) is 4. The van der Waals surface area contributed by atoms with Crippen LogP contribution in [-0.4, -0.2) is 29.4 Å². The Kier molecular flexibility index (Phi) is 4.24. The highest BCUT2D eigenvalue weighted by Crippen LogP contribution is 2.49. The Morgan fingerprint density at radius 3 is 2.68 bits per heavy atom. The number of carbonyl (C=O) groups is 2. The highest BCUT2D eigenvalue weighted by Gasteiger charge is 2.49. The van der Waals surface area contributed by atoms with Crippen LogP contribution >= 0.6 is 0 Å². The summed E-state index contributed by atoms with van der Waals surface area (Å²) in [5.41, 5.74) is 6.34. The van der Waals surface area contributed by atoms with E-state index in [2.05, 4.69) is 5.32 Å². The summed E-state index contributed by atoms with van der Waals surface area (Å²) >= 11 is 0. The number of carbonyl (C=O) groups excluding carboxylic acids is 1. The first-order valence-electron chi connectivity index (χ1n) is 7.05. The molecular formula is C14H22N2O3.